The van der Waals surface area contributed by atoms with E-state index in [1.807, 2.05) is 6.92 Å². The van der Waals surface area contributed by atoms with E-state index in [4.69, 9.17) is 14.6 Å². The molecule has 1 saturated carbocycles. The quantitative estimate of drug-likeness (QED) is 0.787. The maximum atomic E-state index is 11.1. The molecule has 2 aliphatic rings. The van der Waals surface area contributed by atoms with E-state index < -0.39 is 17.2 Å². The van der Waals surface area contributed by atoms with Gasteiger partial charge in [0.15, 0.2) is 5.79 Å². The Balaban J connectivity index is 1.97. The van der Waals surface area contributed by atoms with Crippen molar-refractivity contribution in [1.29, 1.82) is 0 Å². The fourth-order valence-electron chi connectivity index (χ4n) is 2.48. The third kappa shape index (κ3) is 1.96. The van der Waals surface area contributed by atoms with Crippen LogP contribution in [0.15, 0.2) is 0 Å². The van der Waals surface area contributed by atoms with Gasteiger partial charge in [-0.1, -0.05) is 6.92 Å². The number of rotatable bonds is 2. The Morgan fingerprint density at radius 2 is 2.00 bits per heavy atom. The molecule has 1 aliphatic carbocycles. The molecule has 4 nitrogen and oxygen atoms in total. The summed E-state index contributed by atoms with van der Waals surface area (Å²) in [4.78, 5) is 11.1. The predicted octanol–water partition coefficient (Wildman–Crippen LogP) is 2.17. The zero-order valence-electron chi connectivity index (χ0n) is 9.99. The second kappa shape index (κ2) is 4.00. The van der Waals surface area contributed by atoms with Crippen LogP contribution in [0.3, 0.4) is 0 Å². The molecule has 4 heteroatoms. The van der Waals surface area contributed by atoms with Gasteiger partial charge in [-0.05, 0) is 26.2 Å². The summed E-state index contributed by atoms with van der Waals surface area (Å²) in [5, 5.41) is 9.15. The summed E-state index contributed by atoms with van der Waals surface area (Å²) in [6, 6.07) is 0. The highest BCUT2D eigenvalue weighted by molar-refractivity contribution is 5.74. The SMILES string of the molecule is CCC1COC2(CCC(C)(C(=O)O)CC2)O1. The van der Waals surface area contributed by atoms with Crippen molar-refractivity contribution in [3.05, 3.63) is 0 Å². The molecule has 1 spiro atoms. The first-order chi connectivity index (χ1) is 7.50. The van der Waals surface area contributed by atoms with Gasteiger partial charge in [0.25, 0.3) is 0 Å². The number of carbonyl (C=O) groups is 1. The summed E-state index contributed by atoms with van der Waals surface area (Å²) in [5.41, 5.74) is -0.595. The van der Waals surface area contributed by atoms with Gasteiger partial charge in [0.05, 0.1) is 18.1 Å². The van der Waals surface area contributed by atoms with E-state index >= 15 is 0 Å². The molecule has 0 aromatic carbocycles. The molecule has 0 amide bonds. The van der Waals surface area contributed by atoms with Crippen LogP contribution in [-0.2, 0) is 14.3 Å². The molecule has 1 unspecified atom stereocenters. The van der Waals surface area contributed by atoms with Gasteiger partial charge in [0.1, 0.15) is 0 Å². The number of carboxylic acids is 1. The average molecular weight is 228 g/mol. The lowest BCUT2D eigenvalue weighted by Gasteiger charge is -2.39. The lowest BCUT2D eigenvalue weighted by molar-refractivity contribution is -0.203. The van der Waals surface area contributed by atoms with Crippen LogP contribution in [0.25, 0.3) is 0 Å². The zero-order valence-corrected chi connectivity index (χ0v) is 9.99. The number of hydrogen-bond acceptors (Lipinski definition) is 3. The summed E-state index contributed by atoms with van der Waals surface area (Å²) in [5.74, 6) is -1.18. The first-order valence-electron chi connectivity index (χ1n) is 6.05. The molecule has 2 rings (SSSR count). The Bertz CT molecular complexity index is 279. The molecule has 0 radical (unpaired) electrons. The fraction of sp³-hybridized carbons (Fsp3) is 0.917. The fourth-order valence-corrected chi connectivity index (χ4v) is 2.48. The van der Waals surface area contributed by atoms with Crippen LogP contribution < -0.4 is 0 Å². The van der Waals surface area contributed by atoms with Gasteiger partial charge < -0.3 is 14.6 Å². The number of hydrogen-bond donors (Lipinski definition) is 1. The Kier molecular flexibility index (Phi) is 2.97. The minimum absolute atomic E-state index is 0.189. The Morgan fingerprint density at radius 3 is 2.44 bits per heavy atom. The van der Waals surface area contributed by atoms with Gasteiger partial charge in [-0.25, -0.2) is 0 Å². The lowest BCUT2D eigenvalue weighted by atomic mass is 9.73. The molecular formula is C12H20O4. The first-order valence-corrected chi connectivity index (χ1v) is 6.05. The van der Waals surface area contributed by atoms with Crippen LogP contribution in [0.5, 0.6) is 0 Å². The van der Waals surface area contributed by atoms with E-state index in [1.165, 1.54) is 0 Å². The van der Waals surface area contributed by atoms with Crippen LogP contribution in [0.4, 0.5) is 0 Å². The van der Waals surface area contributed by atoms with Crippen molar-refractivity contribution >= 4 is 5.97 Å². The van der Waals surface area contributed by atoms with E-state index in [0.29, 0.717) is 32.3 Å². The van der Waals surface area contributed by atoms with Crippen LogP contribution in [-0.4, -0.2) is 29.6 Å². The van der Waals surface area contributed by atoms with Gasteiger partial charge in [-0.15, -0.1) is 0 Å². The number of aliphatic carboxylic acids is 1. The number of ether oxygens (including phenoxy) is 2. The summed E-state index contributed by atoms with van der Waals surface area (Å²) in [6.45, 7) is 4.55. The van der Waals surface area contributed by atoms with Crippen LogP contribution in [0.2, 0.25) is 0 Å². The summed E-state index contributed by atoms with van der Waals surface area (Å²) in [7, 11) is 0. The van der Waals surface area contributed by atoms with E-state index in [9.17, 15) is 4.79 Å². The maximum absolute atomic E-state index is 11.1. The molecule has 0 aromatic heterocycles. The topological polar surface area (TPSA) is 55.8 Å². The summed E-state index contributed by atoms with van der Waals surface area (Å²) in [6.07, 6.45) is 3.82. The summed E-state index contributed by atoms with van der Waals surface area (Å²) >= 11 is 0. The lowest BCUT2D eigenvalue weighted by Crippen LogP contribution is -2.42. The molecule has 2 fully saturated rings. The molecule has 1 saturated heterocycles. The highest BCUT2D eigenvalue weighted by Gasteiger charge is 2.49. The molecule has 1 heterocycles. The van der Waals surface area contributed by atoms with Crippen molar-refractivity contribution in [2.75, 3.05) is 6.61 Å². The van der Waals surface area contributed by atoms with Gasteiger partial charge in [-0.3, -0.25) is 4.79 Å². The zero-order chi connectivity index (χ0) is 11.8. The molecule has 92 valence electrons. The normalized spacial score (nSPS) is 43.8. The molecule has 0 aromatic rings. The Hall–Kier alpha value is -0.610. The predicted molar refractivity (Wildman–Crippen MR) is 58.1 cm³/mol. The van der Waals surface area contributed by atoms with Gasteiger partial charge >= 0.3 is 5.97 Å². The molecule has 1 aliphatic heterocycles. The molecule has 1 atom stereocenters. The highest BCUT2D eigenvalue weighted by Crippen LogP contribution is 2.45. The average Bonchev–Trinajstić information content (AvgIpc) is 2.67. The van der Waals surface area contributed by atoms with Gasteiger partial charge in [0, 0.05) is 12.8 Å². The molecular weight excluding hydrogens is 208 g/mol. The minimum atomic E-state index is -0.701. The third-order valence-electron chi connectivity index (χ3n) is 4.00. The Labute approximate surface area is 95.9 Å². The number of carboxylic acid groups (broad SMARTS) is 1. The second-order valence-electron chi connectivity index (χ2n) is 5.24. The van der Waals surface area contributed by atoms with E-state index in [0.717, 1.165) is 6.42 Å². The van der Waals surface area contributed by atoms with E-state index in [2.05, 4.69) is 6.92 Å². The van der Waals surface area contributed by atoms with Crippen LogP contribution >= 0.6 is 0 Å². The molecule has 16 heavy (non-hydrogen) atoms. The van der Waals surface area contributed by atoms with Crippen molar-refractivity contribution in [3.63, 3.8) is 0 Å². The molecule has 1 N–H and O–H groups in total. The third-order valence-corrected chi connectivity index (χ3v) is 4.00. The highest BCUT2D eigenvalue weighted by atomic mass is 16.7. The van der Waals surface area contributed by atoms with Crippen LogP contribution in [0, 0.1) is 5.41 Å². The van der Waals surface area contributed by atoms with Crippen molar-refractivity contribution in [2.45, 2.75) is 57.8 Å². The molecule has 0 bridgehead atoms. The largest absolute Gasteiger partial charge is 0.481 e. The van der Waals surface area contributed by atoms with Crippen molar-refractivity contribution < 1.29 is 19.4 Å². The monoisotopic (exact) mass is 228 g/mol. The first kappa shape index (κ1) is 11.9. The van der Waals surface area contributed by atoms with Gasteiger partial charge in [-0.2, -0.15) is 0 Å². The smallest absolute Gasteiger partial charge is 0.309 e. The Morgan fingerprint density at radius 1 is 1.38 bits per heavy atom. The van der Waals surface area contributed by atoms with Crippen LogP contribution in [0.1, 0.15) is 46.0 Å². The minimum Gasteiger partial charge on any atom is -0.481 e. The van der Waals surface area contributed by atoms with Gasteiger partial charge in [0.2, 0.25) is 0 Å². The standard InChI is InChI=1S/C12H20O4/c1-3-9-8-15-12(16-9)6-4-11(2,5-7-12)10(13)14/h9H,3-8H2,1-2H3,(H,13,14). The van der Waals surface area contributed by atoms with E-state index in [-0.39, 0.29) is 6.10 Å². The van der Waals surface area contributed by atoms with Crippen molar-refractivity contribution in [1.82, 2.24) is 0 Å². The van der Waals surface area contributed by atoms with Crippen molar-refractivity contribution in [3.8, 4) is 0 Å². The maximum Gasteiger partial charge on any atom is 0.309 e. The van der Waals surface area contributed by atoms with E-state index in [1.54, 1.807) is 0 Å². The summed E-state index contributed by atoms with van der Waals surface area (Å²) < 4.78 is 11.6. The van der Waals surface area contributed by atoms with Crippen molar-refractivity contribution in [2.24, 2.45) is 5.41 Å². The second-order valence-corrected chi connectivity index (χ2v) is 5.24.